The van der Waals surface area contributed by atoms with Crippen molar-refractivity contribution in [3.05, 3.63) is 29.3 Å². The SMILES string of the molecule is CCC(C)(C)OCCNc1ccc(Cl)cc1. The molecule has 0 aliphatic carbocycles. The van der Waals surface area contributed by atoms with Crippen molar-refractivity contribution in [3.8, 4) is 0 Å². The Balaban J connectivity index is 2.23. The molecule has 0 saturated carbocycles. The maximum absolute atomic E-state index is 5.80. The first-order valence-electron chi connectivity index (χ1n) is 5.67. The Kier molecular flexibility index (Phi) is 5.10. The minimum absolute atomic E-state index is 0.0261. The van der Waals surface area contributed by atoms with Gasteiger partial charge >= 0.3 is 0 Å². The average Bonchev–Trinajstić information content (AvgIpc) is 2.27. The maximum atomic E-state index is 5.80. The van der Waals surface area contributed by atoms with E-state index in [9.17, 15) is 0 Å². The van der Waals surface area contributed by atoms with Crippen molar-refractivity contribution in [2.75, 3.05) is 18.5 Å². The maximum Gasteiger partial charge on any atom is 0.0646 e. The van der Waals surface area contributed by atoms with Gasteiger partial charge in [-0.3, -0.25) is 0 Å². The van der Waals surface area contributed by atoms with Gasteiger partial charge in [-0.15, -0.1) is 0 Å². The van der Waals surface area contributed by atoms with E-state index in [1.165, 1.54) is 0 Å². The molecule has 1 rings (SSSR count). The number of benzene rings is 1. The molecule has 2 nitrogen and oxygen atoms in total. The van der Waals surface area contributed by atoms with Crippen LogP contribution in [0.5, 0.6) is 0 Å². The normalized spacial score (nSPS) is 11.5. The molecule has 0 radical (unpaired) electrons. The predicted molar refractivity (Wildman–Crippen MR) is 70.3 cm³/mol. The van der Waals surface area contributed by atoms with Crippen molar-refractivity contribution in [1.29, 1.82) is 0 Å². The predicted octanol–water partition coefficient (Wildman–Crippen LogP) is 3.96. The van der Waals surface area contributed by atoms with Crippen molar-refractivity contribution in [2.45, 2.75) is 32.8 Å². The first-order valence-corrected chi connectivity index (χ1v) is 6.05. The largest absolute Gasteiger partial charge is 0.383 e. The monoisotopic (exact) mass is 241 g/mol. The average molecular weight is 242 g/mol. The molecule has 0 amide bonds. The van der Waals surface area contributed by atoms with Gasteiger partial charge in [-0.1, -0.05) is 18.5 Å². The zero-order valence-corrected chi connectivity index (χ0v) is 11.0. The van der Waals surface area contributed by atoms with Gasteiger partial charge in [0, 0.05) is 17.3 Å². The van der Waals surface area contributed by atoms with Crippen LogP contribution in [0.3, 0.4) is 0 Å². The van der Waals surface area contributed by atoms with E-state index in [4.69, 9.17) is 16.3 Å². The Hall–Kier alpha value is -0.730. The summed E-state index contributed by atoms with van der Waals surface area (Å²) in [7, 11) is 0. The first kappa shape index (κ1) is 13.3. The van der Waals surface area contributed by atoms with E-state index in [-0.39, 0.29) is 5.60 Å². The molecule has 0 fully saturated rings. The summed E-state index contributed by atoms with van der Waals surface area (Å²) in [6.45, 7) is 7.87. The summed E-state index contributed by atoms with van der Waals surface area (Å²) in [5.74, 6) is 0. The van der Waals surface area contributed by atoms with E-state index in [1.54, 1.807) is 0 Å². The topological polar surface area (TPSA) is 21.3 Å². The molecule has 1 aromatic rings. The van der Waals surface area contributed by atoms with Crippen LogP contribution in [-0.2, 0) is 4.74 Å². The Morgan fingerprint density at radius 3 is 2.44 bits per heavy atom. The highest BCUT2D eigenvalue weighted by atomic mass is 35.5. The van der Waals surface area contributed by atoms with Crippen LogP contribution in [0.1, 0.15) is 27.2 Å². The van der Waals surface area contributed by atoms with Gasteiger partial charge in [0.1, 0.15) is 0 Å². The molecule has 0 atom stereocenters. The van der Waals surface area contributed by atoms with Crippen molar-refractivity contribution in [3.63, 3.8) is 0 Å². The van der Waals surface area contributed by atoms with E-state index >= 15 is 0 Å². The molecule has 16 heavy (non-hydrogen) atoms. The fourth-order valence-corrected chi connectivity index (χ4v) is 1.32. The molecule has 0 bridgehead atoms. The van der Waals surface area contributed by atoms with Crippen LogP contribution in [-0.4, -0.2) is 18.8 Å². The van der Waals surface area contributed by atoms with Gasteiger partial charge in [-0.05, 0) is 44.5 Å². The highest BCUT2D eigenvalue weighted by Crippen LogP contribution is 2.14. The molecule has 0 unspecified atom stereocenters. The fraction of sp³-hybridized carbons (Fsp3) is 0.538. The molecule has 0 aliphatic heterocycles. The molecule has 0 aliphatic rings. The number of nitrogens with one attached hydrogen (secondary N) is 1. The second-order valence-electron chi connectivity index (χ2n) is 4.40. The van der Waals surface area contributed by atoms with E-state index in [2.05, 4.69) is 26.1 Å². The summed E-state index contributed by atoms with van der Waals surface area (Å²) in [5.41, 5.74) is 1.05. The van der Waals surface area contributed by atoms with Gasteiger partial charge < -0.3 is 10.1 Å². The third kappa shape index (κ3) is 4.86. The number of halogens is 1. The van der Waals surface area contributed by atoms with Crippen molar-refractivity contribution in [2.24, 2.45) is 0 Å². The smallest absolute Gasteiger partial charge is 0.0646 e. The number of anilines is 1. The van der Waals surface area contributed by atoms with Gasteiger partial charge in [0.2, 0.25) is 0 Å². The number of rotatable bonds is 6. The molecule has 0 spiro atoms. The van der Waals surface area contributed by atoms with Crippen LogP contribution in [0.15, 0.2) is 24.3 Å². The zero-order valence-electron chi connectivity index (χ0n) is 10.2. The lowest BCUT2D eigenvalue weighted by Gasteiger charge is -2.23. The highest BCUT2D eigenvalue weighted by Gasteiger charge is 2.14. The number of hydrogen-bond acceptors (Lipinski definition) is 2. The van der Waals surface area contributed by atoms with Crippen LogP contribution in [0.25, 0.3) is 0 Å². The van der Waals surface area contributed by atoms with E-state index < -0.39 is 0 Å². The third-order valence-corrected chi connectivity index (χ3v) is 2.87. The summed E-state index contributed by atoms with van der Waals surface area (Å²) >= 11 is 5.80. The van der Waals surface area contributed by atoms with Gasteiger partial charge in [0.15, 0.2) is 0 Å². The summed E-state index contributed by atoms with van der Waals surface area (Å²) in [5, 5.41) is 4.04. The minimum atomic E-state index is -0.0261. The van der Waals surface area contributed by atoms with Crippen molar-refractivity contribution >= 4 is 17.3 Å². The van der Waals surface area contributed by atoms with Crippen LogP contribution in [0.4, 0.5) is 5.69 Å². The summed E-state index contributed by atoms with van der Waals surface area (Å²) in [4.78, 5) is 0. The molecule has 1 aromatic carbocycles. The van der Waals surface area contributed by atoms with Gasteiger partial charge in [0.25, 0.3) is 0 Å². The first-order chi connectivity index (χ1) is 7.53. The lowest BCUT2D eigenvalue weighted by molar-refractivity contribution is -0.0142. The molecule has 0 saturated heterocycles. The van der Waals surface area contributed by atoms with Crippen molar-refractivity contribution in [1.82, 2.24) is 0 Å². The molecule has 3 heteroatoms. The van der Waals surface area contributed by atoms with Crippen LogP contribution < -0.4 is 5.32 Å². The Morgan fingerprint density at radius 1 is 1.25 bits per heavy atom. The summed E-state index contributed by atoms with van der Waals surface area (Å²) < 4.78 is 5.74. The van der Waals surface area contributed by atoms with Gasteiger partial charge in [-0.25, -0.2) is 0 Å². The van der Waals surface area contributed by atoms with Crippen LogP contribution in [0, 0.1) is 0 Å². The van der Waals surface area contributed by atoms with E-state index in [0.29, 0.717) is 6.61 Å². The second kappa shape index (κ2) is 6.12. The van der Waals surface area contributed by atoms with Crippen molar-refractivity contribution < 1.29 is 4.74 Å². The fourth-order valence-electron chi connectivity index (χ4n) is 1.19. The molecular weight excluding hydrogens is 222 g/mol. The highest BCUT2D eigenvalue weighted by molar-refractivity contribution is 6.30. The van der Waals surface area contributed by atoms with Crippen LogP contribution in [0.2, 0.25) is 5.02 Å². The number of hydrogen-bond donors (Lipinski definition) is 1. The molecule has 0 heterocycles. The Labute approximate surface area is 103 Å². The standard InChI is InChI=1S/C13H20ClNO/c1-4-13(2,3)16-10-9-15-12-7-5-11(14)6-8-12/h5-8,15H,4,9-10H2,1-3H3. The summed E-state index contributed by atoms with van der Waals surface area (Å²) in [6.07, 6.45) is 1.02. The van der Waals surface area contributed by atoms with E-state index in [1.807, 2.05) is 24.3 Å². The Morgan fingerprint density at radius 2 is 1.88 bits per heavy atom. The van der Waals surface area contributed by atoms with Gasteiger partial charge in [0.05, 0.1) is 12.2 Å². The molecule has 0 aromatic heterocycles. The molecule has 1 N–H and O–H groups in total. The third-order valence-electron chi connectivity index (χ3n) is 2.62. The lowest BCUT2D eigenvalue weighted by Crippen LogP contribution is -2.26. The number of ether oxygens (including phenoxy) is 1. The minimum Gasteiger partial charge on any atom is -0.383 e. The molecule has 90 valence electrons. The van der Waals surface area contributed by atoms with Crippen LogP contribution >= 0.6 is 11.6 Å². The molecular formula is C13H20ClNO. The van der Waals surface area contributed by atoms with E-state index in [0.717, 1.165) is 23.7 Å². The zero-order chi connectivity index (χ0) is 12.0. The second-order valence-corrected chi connectivity index (χ2v) is 4.83. The Bertz CT molecular complexity index is 308. The van der Waals surface area contributed by atoms with Gasteiger partial charge in [-0.2, -0.15) is 0 Å². The summed E-state index contributed by atoms with van der Waals surface area (Å²) in [6, 6.07) is 7.68. The lowest BCUT2D eigenvalue weighted by atomic mass is 10.1. The quantitative estimate of drug-likeness (QED) is 0.762.